The lowest BCUT2D eigenvalue weighted by atomic mass is 10.0. The van der Waals surface area contributed by atoms with E-state index >= 15 is 0 Å². The molecule has 0 bridgehead atoms. The van der Waals surface area contributed by atoms with Crippen molar-refractivity contribution in [3.05, 3.63) is 71.4 Å². The molecule has 0 aliphatic carbocycles. The van der Waals surface area contributed by atoms with Crippen LogP contribution in [-0.4, -0.2) is 47.3 Å². The average molecular weight is 389 g/mol. The molecular weight excluding hydrogens is 360 g/mol. The highest BCUT2D eigenvalue weighted by molar-refractivity contribution is 6.00. The van der Waals surface area contributed by atoms with E-state index in [1.807, 2.05) is 53.2 Å². The van der Waals surface area contributed by atoms with Gasteiger partial charge in [0, 0.05) is 24.8 Å². The number of aryl methyl sites for hydroxylation is 2. The topological polar surface area (TPSA) is 50.2 Å². The number of nitrogens with zero attached hydrogens (tertiary/aromatic N) is 3. The van der Waals surface area contributed by atoms with E-state index in [-0.39, 0.29) is 5.91 Å². The van der Waals surface area contributed by atoms with Crippen LogP contribution in [0.1, 0.15) is 27.9 Å². The van der Waals surface area contributed by atoms with Crippen molar-refractivity contribution in [2.75, 3.05) is 26.7 Å². The highest BCUT2D eigenvalue weighted by Crippen LogP contribution is 2.29. The molecule has 3 aromatic rings. The maximum absolute atomic E-state index is 13.5. The zero-order valence-corrected chi connectivity index (χ0v) is 17.4. The van der Waals surface area contributed by atoms with Crippen LogP contribution >= 0.6 is 0 Å². The van der Waals surface area contributed by atoms with E-state index in [1.54, 1.807) is 0 Å². The Labute approximate surface area is 172 Å². The van der Waals surface area contributed by atoms with Crippen molar-refractivity contribution in [2.24, 2.45) is 5.92 Å². The predicted octanol–water partition coefficient (Wildman–Crippen LogP) is 3.84. The van der Waals surface area contributed by atoms with Crippen LogP contribution in [0.5, 0.6) is 0 Å². The minimum Gasteiger partial charge on any atom is -0.338 e. The first-order chi connectivity index (χ1) is 14.1. The Bertz CT molecular complexity index is 1010. The third-order valence-electron chi connectivity index (χ3n) is 5.67. The first kappa shape index (κ1) is 19.4. The first-order valence-electron chi connectivity index (χ1n) is 10.2. The minimum atomic E-state index is 0.0701. The highest BCUT2D eigenvalue weighted by Gasteiger charge is 2.30. The molecule has 1 unspecified atom stereocenters. The second-order valence-corrected chi connectivity index (χ2v) is 7.95. The predicted molar refractivity (Wildman–Crippen MR) is 116 cm³/mol. The maximum Gasteiger partial charge on any atom is 0.257 e. The molecular formula is C24H28N4O. The number of rotatable bonds is 5. The van der Waals surface area contributed by atoms with Gasteiger partial charge in [0.15, 0.2) is 0 Å². The van der Waals surface area contributed by atoms with Crippen molar-refractivity contribution in [3.63, 3.8) is 0 Å². The van der Waals surface area contributed by atoms with Crippen LogP contribution < -0.4 is 5.32 Å². The summed E-state index contributed by atoms with van der Waals surface area (Å²) in [6.07, 6.45) is 2.93. The summed E-state index contributed by atoms with van der Waals surface area (Å²) >= 11 is 0. The van der Waals surface area contributed by atoms with E-state index < -0.39 is 0 Å². The fourth-order valence-corrected chi connectivity index (χ4v) is 4.16. The second-order valence-electron chi connectivity index (χ2n) is 7.95. The summed E-state index contributed by atoms with van der Waals surface area (Å²) in [5, 5.41) is 8.08. The van der Waals surface area contributed by atoms with Crippen molar-refractivity contribution in [2.45, 2.75) is 20.3 Å². The normalized spacial score (nSPS) is 16.4. The molecule has 1 N–H and O–H groups in total. The van der Waals surface area contributed by atoms with Gasteiger partial charge in [-0.2, -0.15) is 5.10 Å². The molecule has 1 saturated heterocycles. The number of carbonyl (C=O) groups excluding carboxylic acids is 1. The van der Waals surface area contributed by atoms with E-state index in [0.29, 0.717) is 11.5 Å². The molecule has 0 radical (unpaired) electrons. The molecule has 1 aliphatic rings. The molecule has 1 aliphatic heterocycles. The standard InChI is InChI=1S/C24H28N4O/c1-17-9-10-21(18(2)13-17)23-22(16-28(26-23)20-7-5-4-6-8-20)24(29)27-12-11-19(15-27)14-25-3/h4-10,13,16,19,25H,11-12,14-15H2,1-3H3. The van der Waals surface area contributed by atoms with Gasteiger partial charge in [0.25, 0.3) is 5.91 Å². The molecule has 1 amide bonds. The minimum absolute atomic E-state index is 0.0701. The molecule has 29 heavy (non-hydrogen) atoms. The van der Waals surface area contributed by atoms with Gasteiger partial charge < -0.3 is 10.2 Å². The van der Waals surface area contributed by atoms with Crippen molar-refractivity contribution in [1.82, 2.24) is 20.0 Å². The summed E-state index contributed by atoms with van der Waals surface area (Å²) in [4.78, 5) is 15.4. The fourth-order valence-electron chi connectivity index (χ4n) is 4.16. The quantitative estimate of drug-likeness (QED) is 0.723. The lowest BCUT2D eigenvalue weighted by Crippen LogP contribution is -2.30. The molecule has 0 spiro atoms. The molecule has 1 fully saturated rings. The number of benzene rings is 2. The van der Waals surface area contributed by atoms with Crippen molar-refractivity contribution in [3.8, 4) is 16.9 Å². The van der Waals surface area contributed by atoms with Crippen LogP contribution in [0, 0.1) is 19.8 Å². The van der Waals surface area contributed by atoms with Crippen molar-refractivity contribution >= 4 is 5.91 Å². The molecule has 2 heterocycles. The van der Waals surface area contributed by atoms with Crippen LogP contribution in [0.25, 0.3) is 16.9 Å². The number of para-hydroxylation sites is 1. The number of hydrogen-bond acceptors (Lipinski definition) is 3. The lowest BCUT2D eigenvalue weighted by molar-refractivity contribution is 0.0788. The van der Waals surface area contributed by atoms with E-state index in [2.05, 4.69) is 37.4 Å². The zero-order chi connectivity index (χ0) is 20.4. The Kier molecular flexibility index (Phi) is 5.49. The molecule has 2 aromatic carbocycles. The molecule has 4 rings (SSSR count). The molecule has 5 nitrogen and oxygen atoms in total. The number of likely N-dealkylation sites (tertiary alicyclic amines) is 1. The number of amides is 1. The number of nitrogens with one attached hydrogen (secondary N) is 1. The summed E-state index contributed by atoms with van der Waals surface area (Å²) in [7, 11) is 1.96. The third kappa shape index (κ3) is 3.96. The Balaban J connectivity index is 1.75. The Hall–Kier alpha value is -2.92. The van der Waals surface area contributed by atoms with Crippen LogP contribution in [0.3, 0.4) is 0 Å². The van der Waals surface area contributed by atoms with Gasteiger partial charge in [-0.15, -0.1) is 0 Å². The van der Waals surface area contributed by atoms with E-state index in [9.17, 15) is 4.79 Å². The van der Waals surface area contributed by atoms with E-state index in [1.165, 1.54) is 5.56 Å². The first-order valence-corrected chi connectivity index (χ1v) is 10.2. The van der Waals surface area contributed by atoms with Crippen molar-refractivity contribution < 1.29 is 4.79 Å². The Morgan fingerprint density at radius 1 is 1.17 bits per heavy atom. The van der Waals surface area contributed by atoms with E-state index in [4.69, 9.17) is 5.10 Å². The summed E-state index contributed by atoms with van der Waals surface area (Å²) < 4.78 is 1.82. The third-order valence-corrected chi connectivity index (χ3v) is 5.67. The van der Waals surface area contributed by atoms with E-state index in [0.717, 1.165) is 48.6 Å². The largest absolute Gasteiger partial charge is 0.338 e. The van der Waals surface area contributed by atoms with Crippen LogP contribution in [0.4, 0.5) is 0 Å². The molecule has 150 valence electrons. The van der Waals surface area contributed by atoms with Gasteiger partial charge in [0.1, 0.15) is 5.69 Å². The average Bonchev–Trinajstić information content (AvgIpc) is 3.36. The van der Waals surface area contributed by atoms with Crippen LogP contribution in [0.15, 0.2) is 54.7 Å². The highest BCUT2D eigenvalue weighted by atomic mass is 16.2. The van der Waals surface area contributed by atoms with Crippen LogP contribution in [-0.2, 0) is 0 Å². The Morgan fingerprint density at radius 2 is 1.97 bits per heavy atom. The zero-order valence-electron chi connectivity index (χ0n) is 17.4. The molecule has 1 aromatic heterocycles. The van der Waals surface area contributed by atoms with Gasteiger partial charge in [-0.3, -0.25) is 4.79 Å². The van der Waals surface area contributed by atoms with Crippen LogP contribution in [0.2, 0.25) is 0 Å². The van der Waals surface area contributed by atoms with Gasteiger partial charge >= 0.3 is 0 Å². The second kappa shape index (κ2) is 8.21. The summed E-state index contributed by atoms with van der Waals surface area (Å²) in [5.41, 5.74) is 5.73. The smallest absolute Gasteiger partial charge is 0.257 e. The SMILES string of the molecule is CNCC1CCN(C(=O)c2cn(-c3ccccc3)nc2-c2ccc(C)cc2C)C1. The lowest BCUT2D eigenvalue weighted by Gasteiger charge is -2.17. The summed E-state index contributed by atoms with van der Waals surface area (Å²) in [5.74, 6) is 0.582. The summed E-state index contributed by atoms with van der Waals surface area (Å²) in [6.45, 7) is 6.70. The van der Waals surface area contributed by atoms with Gasteiger partial charge in [-0.25, -0.2) is 4.68 Å². The molecule has 5 heteroatoms. The van der Waals surface area contributed by atoms with Crippen molar-refractivity contribution in [1.29, 1.82) is 0 Å². The number of carbonyl (C=O) groups is 1. The fraction of sp³-hybridized carbons (Fsp3) is 0.333. The molecule has 1 atom stereocenters. The van der Waals surface area contributed by atoms with Gasteiger partial charge in [-0.05, 0) is 57.5 Å². The molecule has 0 saturated carbocycles. The van der Waals surface area contributed by atoms with Gasteiger partial charge in [-0.1, -0.05) is 42.0 Å². The Morgan fingerprint density at radius 3 is 2.69 bits per heavy atom. The van der Waals surface area contributed by atoms with Gasteiger partial charge in [0.2, 0.25) is 0 Å². The summed E-state index contributed by atoms with van der Waals surface area (Å²) in [6, 6.07) is 16.3. The monoisotopic (exact) mass is 388 g/mol. The number of aromatic nitrogens is 2. The number of hydrogen-bond donors (Lipinski definition) is 1. The maximum atomic E-state index is 13.5. The van der Waals surface area contributed by atoms with Gasteiger partial charge in [0.05, 0.1) is 11.3 Å².